The highest BCUT2D eigenvalue weighted by Crippen LogP contribution is 2.30. The fraction of sp³-hybridized carbons (Fsp3) is 0.308. The van der Waals surface area contributed by atoms with Gasteiger partial charge in [-0.1, -0.05) is 18.3 Å². The number of hydrogen-bond acceptors (Lipinski definition) is 5. The quantitative estimate of drug-likeness (QED) is 0.882. The van der Waals surface area contributed by atoms with E-state index < -0.39 is 0 Å². The van der Waals surface area contributed by atoms with E-state index in [1.165, 1.54) is 11.3 Å². The van der Waals surface area contributed by atoms with E-state index in [-0.39, 0.29) is 11.8 Å². The first kappa shape index (κ1) is 14.0. The Kier molecular flexibility index (Phi) is 4.55. The number of carbonyl (C=O) groups is 1. The van der Waals surface area contributed by atoms with Crippen LogP contribution < -0.4 is 4.90 Å². The van der Waals surface area contributed by atoms with Gasteiger partial charge in [-0.25, -0.2) is 4.98 Å². The zero-order valence-electron chi connectivity index (χ0n) is 10.8. The number of aromatic nitrogens is 2. The van der Waals surface area contributed by atoms with Crippen molar-refractivity contribution >= 4 is 34.9 Å². The van der Waals surface area contributed by atoms with Crippen molar-refractivity contribution in [3.8, 4) is 10.6 Å². The number of rotatable bonds is 4. The predicted molar refractivity (Wildman–Crippen MR) is 81.8 cm³/mol. The lowest BCUT2D eigenvalue weighted by molar-refractivity contribution is -0.120. The molecule has 2 aromatic rings. The van der Waals surface area contributed by atoms with Gasteiger partial charge in [0.25, 0.3) is 0 Å². The van der Waals surface area contributed by atoms with Gasteiger partial charge in [0, 0.05) is 36.7 Å². The van der Waals surface area contributed by atoms with Gasteiger partial charge in [0.15, 0.2) is 0 Å². The molecule has 0 saturated carbocycles. The third-order valence-electron chi connectivity index (χ3n) is 2.76. The van der Waals surface area contributed by atoms with E-state index in [0.717, 1.165) is 15.6 Å². The van der Waals surface area contributed by atoms with Crippen LogP contribution in [0.15, 0.2) is 30.7 Å². The average molecular weight is 293 g/mol. The van der Waals surface area contributed by atoms with Crippen molar-refractivity contribution in [1.29, 1.82) is 0 Å². The van der Waals surface area contributed by atoms with Crippen LogP contribution in [0.2, 0.25) is 0 Å². The number of pyridine rings is 1. The van der Waals surface area contributed by atoms with Crippen LogP contribution in [-0.4, -0.2) is 28.7 Å². The number of thiol groups is 1. The summed E-state index contributed by atoms with van der Waals surface area (Å²) >= 11 is 5.64. The predicted octanol–water partition coefficient (Wildman–Crippen LogP) is 2.73. The second-order valence-electron chi connectivity index (χ2n) is 4.23. The number of carbonyl (C=O) groups excluding carboxylic acids is 1. The summed E-state index contributed by atoms with van der Waals surface area (Å²) in [6.07, 6.45) is 5.21. The average Bonchev–Trinajstić information content (AvgIpc) is 2.95. The molecule has 0 N–H and O–H groups in total. The van der Waals surface area contributed by atoms with Crippen molar-refractivity contribution < 1.29 is 4.79 Å². The first-order chi connectivity index (χ1) is 9.13. The van der Waals surface area contributed by atoms with Gasteiger partial charge in [-0.3, -0.25) is 9.78 Å². The molecule has 0 saturated heterocycles. The Morgan fingerprint density at radius 3 is 2.95 bits per heavy atom. The SMILES string of the molecule is CC(CS)C(=O)N(C)c1cnc(-c2cccnc2)s1. The van der Waals surface area contributed by atoms with E-state index in [2.05, 4.69) is 22.6 Å². The first-order valence-electron chi connectivity index (χ1n) is 5.88. The lowest BCUT2D eigenvalue weighted by Gasteiger charge is -2.17. The zero-order valence-corrected chi connectivity index (χ0v) is 12.5. The smallest absolute Gasteiger partial charge is 0.231 e. The van der Waals surface area contributed by atoms with E-state index in [1.54, 1.807) is 30.5 Å². The van der Waals surface area contributed by atoms with Crippen molar-refractivity contribution in [3.63, 3.8) is 0 Å². The van der Waals surface area contributed by atoms with Crippen LogP contribution in [0.4, 0.5) is 5.00 Å². The molecule has 2 rings (SSSR count). The molecule has 0 spiro atoms. The molecule has 19 heavy (non-hydrogen) atoms. The summed E-state index contributed by atoms with van der Waals surface area (Å²) in [4.78, 5) is 22.1. The summed E-state index contributed by atoms with van der Waals surface area (Å²) in [6.45, 7) is 1.87. The first-order valence-corrected chi connectivity index (χ1v) is 7.33. The van der Waals surface area contributed by atoms with Crippen molar-refractivity contribution in [3.05, 3.63) is 30.7 Å². The zero-order chi connectivity index (χ0) is 13.8. The van der Waals surface area contributed by atoms with E-state index in [9.17, 15) is 4.79 Å². The van der Waals surface area contributed by atoms with Gasteiger partial charge in [0.1, 0.15) is 10.0 Å². The standard InChI is InChI=1S/C13H15N3OS2/c1-9(8-18)13(17)16(2)11-7-15-12(19-11)10-4-3-5-14-6-10/h3-7,9,18H,8H2,1-2H3. The summed E-state index contributed by atoms with van der Waals surface area (Å²) in [7, 11) is 1.77. The molecule has 2 heterocycles. The Morgan fingerprint density at radius 2 is 2.32 bits per heavy atom. The minimum Gasteiger partial charge on any atom is -0.305 e. The normalized spacial score (nSPS) is 12.2. The highest BCUT2D eigenvalue weighted by atomic mass is 32.1. The summed E-state index contributed by atoms with van der Waals surface area (Å²) in [6, 6.07) is 3.82. The van der Waals surface area contributed by atoms with Gasteiger partial charge in [0.2, 0.25) is 5.91 Å². The van der Waals surface area contributed by atoms with Gasteiger partial charge < -0.3 is 4.90 Å². The lowest BCUT2D eigenvalue weighted by atomic mass is 10.2. The molecule has 4 nitrogen and oxygen atoms in total. The second kappa shape index (κ2) is 6.16. The summed E-state index contributed by atoms with van der Waals surface area (Å²) in [5.41, 5.74) is 0.960. The largest absolute Gasteiger partial charge is 0.305 e. The molecule has 2 aromatic heterocycles. The molecule has 1 unspecified atom stereocenters. The minimum absolute atomic E-state index is 0.0522. The third-order valence-corrected chi connectivity index (χ3v) is 4.43. The monoisotopic (exact) mass is 293 g/mol. The molecule has 1 atom stereocenters. The molecule has 100 valence electrons. The molecule has 6 heteroatoms. The van der Waals surface area contributed by atoms with Crippen molar-refractivity contribution in [2.75, 3.05) is 17.7 Å². The number of anilines is 1. The molecule has 0 radical (unpaired) electrons. The maximum Gasteiger partial charge on any atom is 0.231 e. The van der Waals surface area contributed by atoms with E-state index in [1.807, 2.05) is 19.1 Å². The van der Waals surface area contributed by atoms with Crippen LogP contribution in [0.25, 0.3) is 10.6 Å². The van der Waals surface area contributed by atoms with Crippen molar-refractivity contribution in [2.45, 2.75) is 6.92 Å². The van der Waals surface area contributed by atoms with Crippen molar-refractivity contribution in [1.82, 2.24) is 9.97 Å². The van der Waals surface area contributed by atoms with Gasteiger partial charge in [-0.15, -0.1) is 0 Å². The molecule has 0 fully saturated rings. The molecular formula is C13H15N3OS2. The number of hydrogen-bond donors (Lipinski definition) is 1. The minimum atomic E-state index is -0.0997. The van der Waals surface area contributed by atoms with Crippen LogP contribution >= 0.6 is 24.0 Å². The number of thiazole rings is 1. The fourth-order valence-electron chi connectivity index (χ4n) is 1.56. The molecule has 1 amide bonds. The topological polar surface area (TPSA) is 46.1 Å². The van der Waals surface area contributed by atoms with Gasteiger partial charge in [0.05, 0.1) is 6.20 Å². The van der Waals surface area contributed by atoms with Crippen LogP contribution in [-0.2, 0) is 4.79 Å². The number of amides is 1. The molecule has 0 aliphatic carbocycles. The lowest BCUT2D eigenvalue weighted by Crippen LogP contribution is -2.31. The third kappa shape index (κ3) is 3.13. The molecule has 0 aliphatic heterocycles. The maximum absolute atomic E-state index is 12.1. The number of nitrogens with zero attached hydrogens (tertiary/aromatic N) is 3. The summed E-state index contributed by atoms with van der Waals surface area (Å²) in [5, 5.41) is 1.69. The Balaban J connectivity index is 2.20. The fourth-order valence-corrected chi connectivity index (χ4v) is 2.59. The molecule has 0 bridgehead atoms. The molecule has 0 aromatic carbocycles. The van der Waals surface area contributed by atoms with Gasteiger partial charge in [-0.2, -0.15) is 12.6 Å². The van der Waals surface area contributed by atoms with Gasteiger partial charge in [-0.05, 0) is 12.1 Å². The van der Waals surface area contributed by atoms with E-state index in [0.29, 0.717) is 5.75 Å². The Bertz CT molecular complexity index is 556. The summed E-state index contributed by atoms with van der Waals surface area (Å²) < 4.78 is 0. The Labute approximate surface area is 121 Å². The van der Waals surface area contributed by atoms with Crippen LogP contribution in [0, 0.1) is 5.92 Å². The van der Waals surface area contributed by atoms with Gasteiger partial charge >= 0.3 is 0 Å². The van der Waals surface area contributed by atoms with Crippen LogP contribution in [0.5, 0.6) is 0 Å². The summed E-state index contributed by atoms with van der Waals surface area (Å²) in [5.74, 6) is 0.492. The second-order valence-corrected chi connectivity index (χ2v) is 5.60. The van der Waals surface area contributed by atoms with Crippen molar-refractivity contribution in [2.24, 2.45) is 5.92 Å². The van der Waals surface area contributed by atoms with E-state index >= 15 is 0 Å². The highest BCUT2D eigenvalue weighted by Gasteiger charge is 2.19. The Hall–Kier alpha value is -1.40. The van der Waals surface area contributed by atoms with Crippen LogP contribution in [0.1, 0.15) is 6.92 Å². The molecular weight excluding hydrogens is 278 g/mol. The Morgan fingerprint density at radius 1 is 1.53 bits per heavy atom. The highest BCUT2D eigenvalue weighted by molar-refractivity contribution is 7.80. The maximum atomic E-state index is 12.1. The van der Waals surface area contributed by atoms with Crippen LogP contribution in [0.3, 0.4) is 0 Å². The molecule has 0 aliphatic rings. The van der Waals surface area contributed by atoms with E-state index in [4.69, 9.17) is 0 Å².